The van der Waals surface area contributed by atoms with Gasteiger partial charge in [0.25, 0.3) is 5.56 Å². The molecule has 0 unspecified atom stereocenters. The monoisotopic (exact) mass is 303 g/mol. The van der Waals surface area contributed by atoms with Gasteiger partial charge in [0.05, 0.1) is 17.8 Å². The fraction of sp³-hybridized carbons (Fsp3) is 0.357. The minimum atomic E-state index is -0.0672. The van der Waals surface area contributed by atoms with E-state index < -0.39 is 0 Å². The molecule has 3 rings (SSSR count). The molecule has 7 heteroatoms. The highest BCUT2D eigenvalue weighted by Crippen LogP contribution is 2.13. The van der Waals surface area contributed by atoms with Crippen LogP contribution in [0.15, 0.2) is 22.4 Å². The summed E-state index contributed by atoms with van der Waals surface area (Å²) < 4.78 is 2.51. The smallest absolute Gasteiger partial charge is 0.268 e. The van der Waals surface area contributed by atoms with Crippen molar-refractivity contribution in [2.75, 3.05) is 0 Å². The van der Waals surface area contributed by atoms with Gasteiger partial charge in [0.2, 0.25) is 0 Å². The van der Waals surface area contributed by atoms with Gasteiger partial charge in [-0.15, -0.1) is 11.3 Å². The van der Waals surface area contributed by atoms with Crippen LogP contribution in [-0.4, -0.2) is 19.7 Å². The number of aromatic amines is 1. The molecule has 0 saturated heterocycles. The van der Waals surface area contributed by atoms with Crippen molar-refractivity contribution in [1.29, 1.82) is 0 Å². The zero-order chi connectivity index (χ0) is 14.8. The fourth-order valence-corrected chi connectivity index (χ4v) is 3.08. The van der Waals surface area contributed by atoms with Crippen LogP contribution in [0.1, 0.15) is 24.0 Å². The number of hydrogen-bond donors (Lipinski definition) is 2. The van der Waals surface area contributed by atoms with Crippen LogP contribution in [0.3, 0.4) is 0 Å². The summed E-state index contributed by atoms with van der Waals surface area (Å²) in [6.45, 7) is 3.33. The van der Waals surface area contributed by atoms with Crippen LogP contribution < -0.4 is 10.9 Å². The first-order valence-electron chi connectivity index (χ1n) is 6.86. The van der Waals surface area contributed by atoms with Gasteiger partial charge >= 0.3 is 0 Å². The van der Waals surface area contributed by atoms with Gasteiger partial charge in [0, 0.05) is 25.4 Å². The maximum atomic E-state index is 11.9. The Bertz CT molecular complexity index is 816. The Balaban J connectivity index is 1.70. The van der Waals surface area contributed by atoms with Crippen molar-refractivity contribution >= 4 is 21.6 Å². The van der Waals surface area contributed by atoms with E-state index in [2.05, 4.69) is 27.3 Å². The van der Waals surface area contributed by atoms with Crippen molar-refractivity contribution in [3.63, 3.8) is 0 Å². The average Bonchev–Trinajstić information content (AvgIpc) is 3.05. The molecular formula is C14H17N5OS. The van der Waals surface area contributed by atoms with E-state index in [0.717, 1.165) is 17.6 Å². The number of aromatic nitrogens is 4. The number of nitrogens with zero attached hydrogens (tertiary/aromatic N) is 3. The van der Waals surface area contributed by atoms with E-state index in [9.17, 15) is 4.79 Å². The number of nitrogens with one attached hydrogen (secondary N) is 2. The van der Waals surface area contributed by atoms with Gasteiger partial charge in [0.15, 0.2) is 0 Å². The molecule has 6 nitrogen and oxygen atoms in total. The van der Waals surface area contributed by atoms with Crippen molar-refractivity contribution in [1.82, 2.24) is 25.1 Å². The predicted octanol–water partition coefficient (Wildman–Crippen LogP) is 1.57. The van der Waals surface area contributed by atoms with Gasteiger partial charge in [-0.1, -0.05) is 6.92 Å². The summed E-state index contributed by atoms with van der Waals surface area (Å²) in [5.74, 6) is 0.660. The van der Waals surface area contributed by atoms with Crippen molar-refractivity contribution in [3.05, 3.63) is 45.1 Å². The zero-order valence-electron chi connectivity index (χ0n) is 12.0. The van der Waals surface area contributed by atoms with Crippen LogP contribution in [0.25, 0.3) is 10.2 Å². The maximum absolute atomic E-state index is 11.9. The molecule has 0 bridgehead atoms. The number of fused-ring (bicyclic) bond motifs is 1. The molecular weight excluding hydrogens is 286 g/mol. The van der Waals surface area contributed by atoms with E-state index in [1.54, 1.807) is 0 Å². The van der Waals surface area contributed by atoms with E-state index in [4.69, 9.17) is 0 Å². The van der Waals surface area contributed by atoms with Gasteiger partial charge < -0.3 is 10.3 Å². The first-order chi connectivity index (χ1) is 10.2. The Kier molecular flexibility index (Phi) is 3.85. The van der Waals surface area contributed by atoms with E-state index in [-0.39, 0.29) is 5.56 Å². The lowest BCUT2D eigenvalue weighted by atomic mass is 10.2. The van der Waals surface area contributed by atoms with Gasteiger partial charge in [0.1, 0.15) is 10.5 Å². The molecule has 0 aliphatic carbocycles. The molecule has 3 aromatic rings. The van der Waals surface area contributed by atoms with Crippen molar-refractivity contribution in [2.24, 2.45) is 7.05 Å². The molecule has 0 amide bonds. The first kappa shape index (κ1) is 14.0. The van der Waals surface area contributed by atoms with E-state index in [1.165, 1.54) is 16.9 Å². The van der Waals surface area contributed by atoms with Crippen LogP contribution in [0, 0.1) is 0 Å². The summed E-state index contributed by atoms with van der Waals surface area (Å²) in [5, 5.41) is 9.60. The fourth-order valence-electron chi connectivity index (χ4n) is 2.35. The Morgan fingerprint density at radius 1 is 1.43 bits per heavy atom. The molecule has 0 fully saturated rings. The number of hydrogen-bond acceptors (Lipinski definition) is 5. The lowest BCUT2D eigenvalue weighted by Gasteiger charge is -2.04. The quantitative estimate of drug-likeness (QED) is 0.750. The summed E-state index contributed by atoms with van der Waals surface area (Å²) in [6, 6.07) is 1.87. The van der Waals surface area contributed by atoms with Crippen molar-refractivity contribution in [3.8, 4) is 0 Å². The number of thiophene rings is 1. The summed E-state index contributed by atoms with van der Waals surface area (Å²) in [4.78, 5) is 19.1. The number of aryl methyl sites for hydroxylation is 2. The molecule has 0 atom stereocenters. The maximum Gasteiger partial charge on any atom is 0.268 e. The Morgan fingerprint density at radius 2 is 2.29 bits per heavy atom. The number of rotatable bonds is 5. The lowest BCUT2D eigenvalue weighted by molar-refractivity contribution is 0.659. The number of H-pyrrole nitrogens is 1. The minimum absolute atomic E-state index is 0.0672. The lowest BCUT2D eigenvalue weighted by Crippen LogP contribution is -2.19. The third-order valence-corrected chi connectivity index (χ3v) is 4.20. The highest BCUT2D eigenvalue weighted by Gasteiger charge is 2.07. The molecule has 0 radical (unpaired) electrons. The largest absolute Gasteiger partial charge is 0.308 e. The second-order valence-electron chi connectivity index (χ2n) is 4.88. The van der Waals surface area contributed by atoms with Gasteiger partial charge in [-0.3, -0.25) is 9.48 Å². The van der Waals surface area contributed by atoms with Crippen LogP contribution in [0.4, 0.5) is 0 Å². The summed E-state index contributed by atoms with van der Waals surface area (Å²) in [5.41, 5.74) is 2.97. The van der Waals surface area contributed by atoms with Gasteiger partial charge in [-0.05, 0) is 17.9 Å². The second-order valence-corrected chi connectivity index (χ2v) is 5.80. The van der Waals surface area contributed by atoms with Crippen LogP contribution in [-0.2, 0) is 26.6 Å². The van der Waals surface area contributed by atoms with Crippen molar-refractivity contribution in [2.45, 2.75) is 26.4 Å². The zero-order valence-corrected chi connectivity index (χ0v) is 12.8. The molecule has 0 aromatic carbocycles. The summed E-state index contributed by atoms with van der Waals surface area (Å²) >= 11 is 1.41. The molecule has 3 heterocycles. The van der Waals surface area contributed by atoms with E-state index in [0.29, 0.717) is 23.6 Å². The third kappa shape index (κ3) is 2.88. The van der Waals surface area contributed by atoms with E-state index >= 15 is 0 Å². The highest BCUT2D eigenvalue weighted by atomic mass is 32.1. The molecule has 110 valence electrons. The molecule has 0 saturated carbocycles. The first-order valence-corrected chi connectivity index (χ1v) is 7.74. The predicted molar refractivity (Wildman–Crippen MR) is 83.4 cm³/mol. The van der Waals surface area contributed by atoms with Crippen LogP contribution in [0.2, 0.25) is 0 Å². The van der Waals surface area contributed by atoms with Gasteiger partial charge in [-0.2, -0.15) is 5.10 Å². The Labute approximate surface area is 125 Å². The minimum Gasteiger partial charge on any atom is -0.308 e. The molecule has 21 heavy (non-hydrogen) atoms. The Morgan fingerprint density at radius 3 is 3.10 bits per heavy atom. The third-order valence-electron chi connectivity index (χ3n) is 3.30. The van der Waals surface area contributed by atoms with E-state index in [1.807, 2.05) is 29.4 Å². The summed E-state index contributed by atoms with van der Waals surface area (Å²) in [6.07, 6.45) is 2.93. The second kappa shape index (κ2) is 5.79. The normalized spacial score (nSPS) is 11.3. The highest BCUT2D eigenvalue weighted by molar-refractivity contribution is 7.17. The molecule has 2 N–H and O–H groups in total. The van der Waals surface area contributed by atoms with Crippen LogP contribution in [0.5, 0.6) is 0 Å². The average molecular weight is 303 g/mol. The molecule has 0 aliphatic heterocycles. The topological polar surface area (TPSA) is 75.6 Å². The van der Waals surface area contributed by atoms with Crippen LogP contribution >= 0.6 is 11.3 Å². The van der Waals surface area contributed by atoms with Gasteiger partial charge in [-0.25, -0.2) is 4.98 Å². The SMILES string of the molecule is CCc1nn(C)cc1CNCc1nc2ccsc2c(=O)[nH]1. The molecule has 0 aliphatic rings. The molecule has 0 spiro atoms. The molecule has 3 aromatic heterocycles. The Hall–Kier alpha value is -1.99. The standard InChI is InChI=1S/C14H17N5OS/c1-3-10-9(8-19(2)18-10)6-15-7-12-16-11-4-5-21-13(11)14(20)17-12/h4-5,8,15H,3,6-7H2,1-2H3,(H,16,17,20). The summed E-state index contributed by atoms with van der Waals surface area (Å²) in [7, 11) is 1.92. The van der Waals surface area contributed by atoms with Crippen molar-refractivity contribution < 1.29 is 0 Å².